The van der Waals surface area contributed by atoms with Gasteiger partial charge in [-0.1, -0.05) is 23.9 Å². The van der Waals surface area contributed by atoms with Crippen LogP contribution in [0.5, 0.6) is 0 Å². The quantitative estimate of drug-likeness (QED) is 0.520. The predicted molar refractivity (Wildman–Crippen MR) is 116 cm³/mol. The molecule has 1 unspecified atom stereocenters. The number of thiophene rings is 1. The molecule has 1 aliphatic carbocycles. The number of amides is 1. The summed E-state index contributed by atoms with van der Waals surface area (Å²) in [7, 11) is 0. The number of aromatic nitrogens is 2. The van der Waals surface area contributed by atoms with Crippen molar-refractivity contribution < 1.29 is 4.79 Å². The number of fused-ring (bicyclic) bond motifs is 3. The molecule has 0 saturated heterocycles. The van der Waals surface area contributed by atoms with Gasteiger partial charge in [-0.25, -0.2) is 4.98 Å². The van der Waals surface area contributed by atoms with Crippen LogP contribution in [0.1, 0.15) is 41.3 Å². The summed E-state index contributed by atoms with van der Waals surface area (Å²) in [4.78, 5) is 32.3. The lowest BCUT2D eigenvalue weighted by molar-refractivity contribution is -0.117. The number of hydrogen-bond acceptors (Lipinski definition) is 5. The van der Waals surface area contributed by atoms with Gasteiger partial charge in [0.15, 0.2) is 5.16 Å². The van der Waals surface area contributed by atoms with Gasteiger partial charge >= 0.3 is 0 Å². The smallest absolute Gasteiger partial charge is 0.267 e. The van der Waals surface area contributed by atoms with Gasteiger partial charge in [-0.3, -0.25) is 14.2 Å². The summed E-state index contributed by atoms with van der Waals surface area (Å²) in [5.41, 5.74) is 9.48. The van der Waals surface area contributed by atoms with Crippen LogP contribution in [0.4, 0.5) is 0 Å². The summed E-state index contributed by atoms with van der Waals surface area (Å²) < 4.78 is 1.68. The molecule has 1 aromatic carbocycles. The molecule has 2 N–H and O–H groups in total. The summed E-state index contributed by atoms with van der Waals surface area (Å²) >= 11 is 2.87. The molecular weight excluding hydrogens is 390 g/mol. The molecule has 0 spiro atoms. The Morgan fingerprint density at radius 1 is 1.29 bits per heavy atom. The van der Waals surface area contributed by atoms with Crippen molar-refractivity contribution in [3.05, 3.63) is 50.1 Å². The molecule has 0 bridgehead atoms. The van der Waals surface area contributed by atoms with E-state index in [0.717, 1.165) is 52.7 Å². The van der Waals surface area contributed by atoms with Gasteiger partial charge in [0.2, 0.25) is 5.91 Å². The molecule has 1 aliphatic rings. The highest BCUT2D eigenvalue weighted by Gasteiger charge is 2.25. The van der Waals surface area contributed by atoms with Crippen molar-refractivity contribution in [1.82, 2.24) is 9.55 Å². The third-order valence-corrected chi connectivity index (χ3v) is 7.50. The first-order valence-corrected chi connectivity index (χ1v) is 11.2. The Morgan fingerprint density at radius 3 is 2.79 bits per heavy atom. The number of carbonyl (C=O) groups is 1. The fourth-order valence-corrected chi connectivity index (χ4v) is 5.83. The SMILES string of the molecule is Cc1ccc(C)c(-n2c(SC(C)C(N)=O)nc3sc4c(c3c2=O)CCCC4)c1. The van der Waals surface area contributed by atoms with Crippen molar-refractivity contribution >= 4 is 39.2 Å². The molecule has 5 nitrogen and oxygen atoms in total. The zero-order valence-electron chi connectivity index (χ0n) is 16.2. The second-order valence-electron chi connectivity index (χ2n) is 7.38. The molecular formula is C21H23N3O2S2. The second kappa shape index (κ2) is 7.37. The molecule has 0 aliphatic heterocycles. The van der Waals surface area contributed by atoms with Gasteiger partial charge in [-0.05, 0) is 69.2 Å². The first-order chi connectivity index (χ1) is 13.4. The monoisotopic (exact) mass is 413 g/mol. The Balaban J connectivity index is 2.04. The number of nitrogens with zero attached hydrogens (tertiary/aromatic N) is 2. The lowest BCUT2D eigenvalue weighted by atomic mass is 9.97. The average Bonchev–Trinajstić information content (AvgIpc) is 3.02. The Labute approximate surface area is 172 Å². The van der Waals surface area contributed by atoms with Gasteiger partial charge in [-0.15, -0.1) is 11.3 Å². The Kier molecular flexibility index (Phi) is 5.05. The van der Waals surface area contributed by atoms with Gasteiger partial charge in [0.1, 0.15) is 4.83 Å². The minimum absolute atomic E-state index is 0.0442. The highest BCUT2D eigenvalue weighted by atomic mass is 32.2. The van der Waals surface area contributed by atoms with Gasteiger partial charge in [0.25, 0.3) is 5.56 Å². The summed E-state index contributed by atoms with van der Waals surface area (Å²) in [5.74, 6) is -0.419. The van der Waals surface area contributed by atoms with Crippen LogP contribution in [0.2, 0.25) is 0 Å². The molecule has 0 radical (unpaired) electrons. The fourth-order valence-electron chi connectivity index (χ4n) is 3.65. The number of thioether (sulfide) groups is 1. The second-order valence-corrected chi connectivity index (χ2v) is 9.77. The fraction of sp³-hybridized carbons (Fsp3) is 0.381. The molecule has 146 valence electrons. The molecule has 0 saturated carbocycles. The van der Waals surface area contributed by atoms with Crippen molar-refractivity contribution in [2.45, 2.75) is 56.9 Å². The van der Waals surface area contributed by atoms with E-state index < -0.39 is 11.2 Å². The number of nitrogens with two attached hydrogens (primary N) is 1. The molecule has 4 rings (SSSR count). The maximum atomic E-state index is 13.7. The zero-order valence-corrected chi connectivity index (χ0v) is 17.9. The molecule has 2 aromatic heterocycles. The minimum atomic E-state index is -0.477. The van der Waals surface area contributed by atoms with E-state index in [-0.39, 0.29) is 5.56 Å². The number of carbonyl (C=O) groups excluding carboxylic acids is 1. The maximum absolute atomic E-state index is 13.7. The zero-order chi connectivity index (χ0) is 20.0. The third kappa shape index (κ3) is 3.26. The van der Waals surface area contributed by atoms with E-state index in [2.05, 4.69) is 0 Å². The first kappa shape index (κ1) is 19.2. The van der Waals surface area contributed by atoms with Gasteiger partial charge in [0, 0.05) is 4.88 Å². The van der Waals surface area contributed by atoms with Crippen LogP contribution in [-0.4, -0.2) is 20.7 Å². The van der Waals surface area contributed by atoms with E-state index in [4.69, 9.17) is 10.7 Å². The van der Waals surface area contributed by atoms with Crippen LogP contribution in [0.15, 0.2) is 28.2 Å². The minimum Gasteiger partial charge on any atom is -0.369 e. The average molecular weight is 414 g/mol. The van der Waals surface area contributed by atoms with E-state index in [1.165, 1.54) is 22.2 Å². The van der Waals surface area contributed by atoms with Crippen LogP contribution in [-0.2, 0) is 17.6 Å². The predicted octanol–water partition coefficient (Wildman–Crippen LogP) is 3.91. The van der Waals surface area contributed by atoms with Crippen LogP contribution < -0.4 is 11.3 Å². The van der Waals surface area contributed by atoms with Crippen molar-refractivity contribution in [3.8, 4) is 5.69 Å². The maximum Gasteiger partial charge on any atom is 0.267 e. The van der Waals surface area contributed by atoms with Crippen molar-refractivity contribution in [3.63, 3.8) is 0 Å². The highest BCUT2D eigenvalue weighted by Crippen LogP contribution is 2.36. The van der Waals surface area contributed by atoms with Gasteiger partial charge in [-0.2, -0.15) is 0 Å². The highest BCUT2D eigenvalue weighted by molar-refractivity contribution is 8.00. The number of benzene rings is 1. The Hall–Kier alpha value is -2.12. The topological polar surface area (TPSA) is 78.0 Å². The van der Waals surface area contributed by atoms with Gasteiger partial charge in [0.05, 0.1) is 16.3 Å². The molecule has 3 aromatic rings. The third-order valence-electron chi connectivity index (χ3n) is 5.25. The molecule has 0 fully saturated rings. The van der Waals surface area contributed by atoms with Crippen LogP contribution >= 0.6 is 23.1 Å². The number of primary amides is 1. The van der Waals surface area contributed by atoms with E-state index in [0.29, 0.717) is 5.16 Å². The van der Waals surface area contributed by atoms with E-state index >= 15 is 0 Å². The normalized spacial score (nSPS) is 14.8. The molecule has 7 heteroatoms. The lowest BCUT2D eigenvalue weighted by Gasteiger charge is -2.17. The van der Waals surface area contributed by atoms with Crippen molar-refractivity contribution in [2.75, 3.05) is 0 Å². The molecule has 1 atom stereocenters. The first-order valence-electron chi connectivity index (χ1n) is 9.47. The summed E-state index contributed by atoms with van der Waals surface area (Å²) in [6.45, 7) is 5.74. The van der Waals surface area contributed by atoms with Crippen LogP contribution in [0.3, 0.4) is 0 Å². The number of hydrogen-bond donors (Lipinski definition) is 1. The summed E-state index contributed by atoms with van der Waals surface area (Å²) in [6.07, 6.45) is 4.21. The molecule has 2 heterocycles. The van der Waals surface area contributed by atoms with E-state index in [1.54, 1.807) is 22.8 Å². The van der Waals surface area contributed by atoms with Crippen LogP contribution in [0, 0.1) is 13.8 Å². The van der Waals surface area contributed by atoms with Crippen molar-refractivity contribution in [2.24, 2.45) is 5.73 Å². The molecule has 28 heavy (non-hydrogen) atoms. The van der Waals surface area contributed by atoms with Crippen LogP contribution in [0.25, 0.3) is 15.9 Å². The standard InChI is InChI=1S/C21H23N3O2S2/c1-11-8-9-12(2)15(10-11)24-20(26)17-14-6-4-5-7-16(14)28-19(17)23-21(24)27-13(3)18(22)25/h8-10,13H,4-7H2,1-3H3,(H2,22,25). The van der Waals surface area contributed by atoms with E-state index in [9.17, 15) is 9.59 Å². The summed E-state index contributed by atoms with van der Waals surface area (Å²) in [6, 6.07) is 6.04. The molecule has 1 amide bonds. The van der Waals surface area contributed by atoms with E-state index in [1.807, 2.05) is 32.0 Å². The Morgan fingerprint density at radius 2 is 2.04 bits per heavy atom. The lowest BCUT2D eigenvalue weighted by Crippen LogP contribution is -2.27. The summed E-state index contributed by atoms with van der Waals surface area (Å²) in [5, 5.41) is 0.795. The number of rotatable bonds is 4. The number of aryl methyl sites for hydroxylation is 4. The van der Waals surface area contributed by atoms with Gasteiger partial charge < -0.3 is 5.73 Å². The largest absolute Gasteiger partial charge is 0.369 e. The van der Waals surface area contributed by atoms with Crippen molar-refractivity contribution in [1.29, 1.82) is 0 Å². The Bertz CT molecular complexity index is 1150.